The molecule has 0 spiro atoms. The minimum Gasteiger partial charge on any atom is -0.376 e. The lowest BCUT2D eigenvalue weighted by Gasteiger charge is -2.42. The summed E-state index contributed by atoms with van der Waals surface area (Å²) in [5.41, 5.74) is -1.71. The Morgan fingerprint density at radius 3 is 2.24 bits per heavy atom. The number of alkyl halides is 3. The molecular weight excluding hydrogens is 537 g/mol. The second kappa shape index (κ2) is 11.3. The zero-order chi connectivity index (χ0) is 27.6. The third-order valence-corrected chi connectivity index (χ3v) is 9.13. The zero-order valence-electron chi connectivity index (χ0n) is 20.7. The van der Waals surface area contributed by atoms with Gasteiger partial charge in [0.15, 0.2) is 5.60 Å². The summed E-state index contributed by atoms with van der Waals surface area (Å²) in [6.07, 6.45) is -4.83. The van der Waals surface area contributed by atoms with Crippen molar-refractivity contribution in [2.75, 3.05) is 31.1 Å². The molecule has 3 aromatic carbocycles. The van der Waals surface area contributed by atoms with Gasteiger partial charge in [0.25, 0.3) is 0 Å². The summed E-state index contributed by atoms with van der Waals surface area (Å²) in [6.45, 7) is 1.80. The fourth-order valence-corrected chi connectivity index (χ4v) is 6.43. The first-order valence-electron chi connectivity index (χ1n) is 12.0. The Hall–Kier alpha value is -2.57. The van der Waals surface area contributed by atoms with Crippen molar-refractivity contribution in [3.8, 4) is 0 Å². The second-order valence-electron chi connectivity index (χ2n) is 9.30. The number of piperazine rings is 1. The third kappa shape index (κ3) is 6.02. The molecule has 1 saturated heterocycles. The summed E-state index contributed by atoms with van der Waals surface area (Å²) < 4.78 is 74.1. The molecule has 4 rings (SSSR count). The number of rotatable bonds is 8. The molecule has 11 heteroatoms. The highest BCUT2D eigenvalue weighted by Crippen LogP contribution is 2.39. The molecule has 0 unspecified atom stereocenters. The van der Waals surface area contributed by atoms with Crippen LogP contribution >= 0.6 is 12.6 Å². The van der Waals surface area contributed by atoms with E-state index in [2.05, 4.69) is 12.6 Å². The number of sulfonamides is 1. The van der Waals surface area contributed by atoms with Gasteiger partial charge in [0.2, 0.25) is 10.0 Å². The van der Waals surface area contributed by atoms with Crippen LogP contribution in [0.4, 0.5) is 18.9 Å². The van der Waals surface area contributed by atoms with Crippen molar-refractivity contribution in [2.24, 2.45) is 0 Å². The number of ether oxygens (including phenoxy) is 1. The minimum atomic E-state index is -4.83. The maximum absolute atomic E-state index is 13.4. The van der Waals surface area contributed by atoms with E-state index < -0.39 is 27.8 Å². The highest BCUT2D eigenvalue weighted by Gasteiger charge is 2.51. The predicted octanol–water partition coefficient (Wildman–Crippen LogP) is 4.84. The van der Waals surface area contributed by atoms with Crippen molar-refractivity contribution < 1.29 is 31.4 Å². The van der Waals surface area contributed by atoms with Gasteiger partial charge in [-0.3, -0.25) is 0 Å². The van der Waals surface area contributed by atoms with E-state index in [0.29, 0.717) is 30.7 Å². The molecule has 204 valence electrons. The zero-order valence-corrected chi connectivity index (χ0v) is 22.4. The Labute approximate surface area is 226 Å². The molecule has 1 aliphatic rings. The Morgan fingerprint density at radius 1 is 0.974 bits per heavy atom. The summed E-state index contributed by atoms with van der Waals surface area (Å²) >= 11 is 4.32. The van der Waals surface area contributed by atoms with Gasteiger partial charge in [-0.25, -0.2) is 8.42 Å². The lowest BCUT2D eigenvalue weighted by Crippen LogP contribution is -2.56. The fraction of sp³-hybridized carbons (Fsp3) is 0.333. The number of halogens is 3. The van der Waals surface area contributed by atoms with Gasteiger partial charge in [0.1, 0.15) is 0 Å². The van der Waals surface area contributed by atoms with Gasteiger partial charge in [-0.05, 0) is 42.3 Å². The first-order chi connectivity index (χ1) is 17.9. The number of aliphatic hydroxyl groups is 1. The molecular formula is C27H29F3N2O4S2. The molecule has 38 heavy (non-hydrogen) atoms. The predicted molar refractivity (Wildman–Crippen MR) is 142 cm³/mol. The second-order valence-corrected chi connectivity index (χ2v) is 11.7. The third-order valence-electron chi connectivity index (χ3n) is 6.66. The first kappa shape index (κ1) is 28.4. The number of benzene rings is 3. The molecule has 0 bridgehead atoms. The van der Waals surface area contributed by atoms with Crippen LogP contribution in [0, 0.1) is 0 Å². The topological polar surface area (TPSA) is 70.1 Å². The van der Waals surface area contributed by atoms with Gasteiger partial charge in [-0.1, -0.05) is 54.6 Å². The average molecular weight is 567 g/mol. The van der Waals surface area contributed by atoms with Crippen LogP contribution in [0.1, 0.15) is 18.1 Å². The van der Waals surface area contributed by atoms with E-state index in [4.69, 9.17) is 4.74 Å². The van der Waals surface area contributed by atoms with Gasteiger partial charge in [-0.2, -0.15) is 17.5 Å². The van der Waals surface area contributed by atoms with Gasteiger partial charge >= 0.3 is 6.18 Å². The number of nitrogens with zero attached hydrogens (tertiary/aromatic N) is 2. The molecule has 0 radical (unpaired) electrons. The largest absolute Gasteiger partial charge is 0.421 e. The molecule has 3 aromatic rings. The Bertz CT molecular complexity index is 1330. The molecule has 0 aliphatic carbocycles. The number of hydrogen-bond donors (Lipinski definition) is 2. The Balaban J connectivity index is 1.58. The number of anilines is 1. The summed E-state index contributed by atoms with van der Waals surface area (Å²) in [6, 6.07) is 21.1. The van der Waals surface area contributed by atoms with Gasteiger partial charge in [0, 0.05) is 30.2 Å². The van der Waals surface area contributed by atoms with Gasteiger partial charge in [0.05, 0.1) is 24.2 Å². The summed E-state index contributed by atoms with van der Waals surface area (Å²) in [4.78, 5) is 2.38. The number of thiol groups is 1. The first-order valence-corrected chi connectivity index (χ1v) is 13.9. The van der Waals surface area contributed by atoms with Crippen LogP contribution in [0.3, 0.4) is 0 Å². The molecule has 2 atom stereocenters. The van der Waals surface area contributed by atoms with Crippen LogP contribution in [-0.4, -0.2) is 56.3 Å². The summed E-state index contributed by atoms with van der Waals surface area (Å²) in [5, 5.41) is 10.0. The molecule has 1 fully saturated rings. The standard InChI is InChI=1S/C27H29F3N2O4S2/c1-26(33,27(28,29)30)21-11-13-22(14-12-21)32-16-15-31(38(34,35)25-10-6-5-9-24(25)37)17-23(32)19-36-18-20-7-3-2-4-8-20/h2-14,23,33,37H,15-19H2,1H3/t23-,26+/m1/s1. The quantitative estimate of drug-likeness (QED) is 0.382. The highest BCUT2D eigenvalue weighted by molar-refractivity contribution is 7.90. The Kier molecular flexibility index (Phi) is 8.43. The van der Waals surface area contributed by atoms with Gasteiger partial charge in [-0.15, -0.1) is 12.6 Å². The SMILES string of the molecule is C[C@](O)(c1ccc(N2CCN(S(=O)(=O)c3ccccc3S)C[C@@H]2COCc2ccccc2)cc1)C(F)(F)F. The lowest BCUT2D eigenvalue weighted by molar-refractivity contribution is -0.258. The summed E-state index contributed by atoms with van der Waals surface area (Å²) in [5.74, 6) is 0. The number of hydrogen-bond acceptors (Lipinski definition) is 6. The maximum Gasteiger partial charge on any atom is 0.421 e. The Morgan fingerprint density at radius 2 is 1.61 bits per heavy atom. The van der Waals surface area contributed by atoms with E-state index in [9.17, 15) is 26.7 Å². The average Bonchev–Trinajstić information content (AvgIpc) is 2.89. The van der Waals surface area contributed by atoms with E-state index in [1.807, 2.05) is 35.2 Å². The van der Waals surface area contributed by atoms with Gasteiger partial charge < -0.3 is 14.7 Å². The lowest BCUT2D eigenvalue weighted by atomic mass is 9.95. The van der Waals surface area contributed by atoms with Crippen molar-refractivity contribution in [1.82, 2.24) is 4.31 Å². The van der Waals surface area contributed by atoms with Crippen LogP contribution in [0.5, 0.6) is 0 Å². The fourth-order valence-electron chi connectivity index (χ4n) is 4.37. The van der Waals surface area contributed by atoms with Crippen LogP contribution in [0.2, 0.25) is 0 Å². The van der Waals surface area contributed by atoms with Crippen LogP contribution in [0.15, 0.2) is 88.7 Å². The minimum absolute atomic E-state index is 0.111. The molecule has 1 N–H and O–H groups in total. The normalized spacial score (nSPS) is 18.8. The van der Waals surface area contributed by atoms with Crippen LogP contribution in [0.25, 0.3) is 0 Å². The van der Waals surface area contributed by atoms with Crippen molar-refractivity contribution in [3.63, 3.8) is 0 Å². The smallest absolute Gasteiger partial charge is 0.376 e. The van der Waals surface area contributed by atoms with Crippen molar-refractivity contribution in [3.05, 3.63) is 90.0 Å². The molecule has 0 aromatic heterocycles. The van der Waals surface area contributed by atoms with E-state index in [1.54, 1.807) is 18.2 Å². The van der Waals surface area contributed by atoms with Crippen molar-refractivity contribution >= 4 is 28.3 Å². The molecule has 6 nitrogen and oxygen atoms in total. The van der Waals surface area contributed by atoms with E-state index in [1.165, 1.54) is 34.6 Å². The van der Waals surface area contributed by atoms with E-state index in [-0.39, 0.29) is 30.2 Å². The van der Waals surface area contributed by atoms with Crippen LogP contribution < -0.4 is 4.90 Å². The van der Waals surface area contributed by atoms with E-state index >= 15 is 0 Å². The molecule has 1 heterocycles. The van der Waals surface area contributed by atoms with Crippen molar-refractivity contribution in [2.45, 2.75) is 41.1 Å². The maximum atomic E-state index is 13.4. The monoisotopic (exact) mass is 566 g/mol. The highest BCUT2D eigenvalue weighted by atomic mass is 32.2. The molecule has 0 amide bonds. The summed E-state index contributed by atoms with van der Waals surface area (Å²) in [7, 11) is -3.83. The molecule has 1 aliphatic heterocycles. The molecule has 0 saturated carbocycles. The van der Waals surface area contributed by atoms with Crippen LogP contribution in [-0.2, 0) is 27.0 Å². The van der Waals surface area contributed by atoms with Crippen molar-refractivity contribution in [1.29, 1.82) is 0 Å². The van der Waals surface area contributed by atoms with E-state index in [0.717, 1.165) is 5.56 Å².